The fourth-order valence-corrected chi connectivity index (χ4v) is 1.56. The molecule has 0 saturated carbocycles. The molecule has 0 N–H and O–H groups in total. The van der Waals surface area contributed by atoms with Crippen molar-refractivity contribution in [1.82, 2.24) is 4.98 Å². The molecule has 0 saturated heterocycles. The quantitative estimate of drug-likeness (QED) is 0.484. The summed E-state index contributed by atoms with van der Waals surface area (Å²) in [7, 11) is 0. The van der Waals surface area contributed by atoms with Gasteiger partial charge in [0, 0.05) is 12.1 Å². The molecular formula is C11H6Cl2N2O3. The zero-order chi connectivity index (χ0) is 13.1. The van der Waals surface area contributed by atoms with Gasteiger partial charge in [-0.2, -0.15) is 0 Å². The maximum atomic E-state index is 10.5. The molecule has 1 aromatic heterocycles. The fourth-order valence-electron chi connectivity index (χ4n) is 1.24. The van der Waals surface area contributed by atoms with Crippen LogP contribution in [0.1, 0.15) is 0 Å². The Balaban J connectivity index is 2.24. The highest BCUT2D eigenvalue weighted by atomic mass is 35.5. The highest BCUT2D eigenvalue weighted by molar-refractivity contribution is 6.32. The fraction of sp³-hybridized carbons (Fsp3) is 0. The van der Waals surface area contributed by atoms with Crippen LogP contribution in [0.3, 0.4) is 0 Å². The Hall–Kier alpha value is -1.85. The number of nitro benzene ring substituents is 1. The number of halogens is 2. The Morgan fingerprint density at radius 1 is 1.22 bits per heavy atom. The van der Waals surface area contributed by atoms with Crippen LogP contribution in [0, 0.1) is 10.1 Å². The van der Waals surface area contributed by atoms with Crippen LogP contribution in [-0.2, 0) is 0 Å². The summed E-state index contributed by atoms with van der Waals surface area (Å²) in [4.78, 5) is 13.9. The predicted octanol–water partition coefficient (Wildman–Crippen LogP) is 4.09. The van der Waals surface area contributed by atoms with Gasteiger partial charge in [-0.15, -0.1) is 0 Å². The average molecular weight is 285 g/mol. The number of nitro groups is 1. The lowest BCUT2D eigenvalue weighted by molar-refractivity contribution is -0.384. The van der Waals surface area contributed by atoms with E-state index in [4.69, 9.17) is 27.9 Å². The van der Waals surface area contributed by atoms with E-state index in [1.807, 2.05) is 0 Å². The van der Waals surface area contributed by atoms with Gasteiger partial charge >= 0.3 is 0 Å². The van der Waals surface area contributed by atoms with Gasteiger partial charge < -0.3 is 4.74 Å². The number of nitrogens with zero attached hydrogens (tertiary/aromatic N) is 2. The Bertz CT molecular complexity index is 587. The van der Waals surface area contributed by atoms with Gasteiger partial charge in [-0.25, -0.2) is 4.98 Å². The van der Waals surface area contributed by atoms with Crippen LogP contribution in [-0.4, -0.2) is 9.91 Å². The standard InChI is InChI=1S/C11H6Cl2N2O3/c12-9-5-7(15(16)17)1-3-10(9)18-8-2-4-11(13)14-6-8/h1-6H. The Labute approximate surface area is 112 Å². The second-order valence-corrected chi connectivity index (χ2v) is 4.08. The van der Waals surface area contributed by atoms with Crippen molar-refractivity contribution in [3.8, 4) is 11.5 Å². The van der Waals surface area contributed by atoms with Crippen LogP contribution >= 0.6 is 23.2 Å². The van der Waals surface area contributed by atoms with E-state index in [0.29, 0.717) is 16.7 Å². The molecule has 0 aliphatic carbocycles. The van der Waals surface area contributed by atoms with E-state index in [0.717, 1.165) is 0 Å². The first kappa shape index (κ1) is 12.6. The molecule has 1 heterocycles. The Kier molecular flexibility index (Phi) is 3.64. The van der Waals surface area contributed by atoms with E-state index >= 15 is 0 Å². The van der Waals surface area contributed by atoms with E-state index in [1.165, 1.54) is 24.4 Å². The zero-order valence-corrected chi connectivity index (χ0v) is 10.4. The molecule has 18 heavy (non-hydrogen) atoms. The van der Waals surface area contributed by atoms with Gasteiger partial charge in [-0.05, 0) is 18.2 Å². The molecule has 5 nitrogen and oxygen atoms in total. The van der Waals surface area contributed by atoms with Crippen molar-refractivity contribution < 1.29 is 9.66 Å². The predicted molar refractivity (Wildman–Crippen MR) is 67.4 cm³/mol. The summed E-state index contributed by atoms with van der Waals surface area (Å²) >= 11 is 11.5. The normalized spacial score (nSPS) is 10.1. The second-order valence-electron chi connectivity index (χ2n) is 3.29. The number of hydrogen-bond acceptors (Lipinski definition) is 4. The molecule has 0 unspecified atom stereocenters. The van der Waals surface area contributed by atoms with Gasteiger partial charge in [0.2, 0.25) is 0 Å². The van der Waals surface area contributed by atoms with Crippen molar-refractivity contribution in [2.45, 2.75) is 0 Å². The van der Waals surface area contributed by atoms with Gasteiger partial charge in [-0.1, -0.05) is 23.2 Å². The number of non-ortho nitro benzene ring substituents is 1. The van der Waals surface area contributed by atoms with Crippen molar-refractivity contribution in [3.63, 3.8) is 0 Å². The lowest BCUT2D eigenvalue weighted by Gasteiger charge is -2.06. The molecule has 0 spiro atoms. The molecule has 0 radical (unpaired) electrons. The van der Waals surface area contributed by atoms with E-state index < -0.39 is 4.92 Å². The summed E-state index contributed by atoms with van der Waals surface area (Å²) in [5, 5.41) is 11.0. The topological polar surface area (TPSA) is 65.3 Å². The van der Waals surface area contributed by atoms with Crippen LogP contribution < -0.4 is 4.74 Å². The summed E-state index contributed by atoms with van der Waals surface area (Å²) in [6.45, 7) is 0. The molecule has 2 rings (SSSR count). The van der Waals surface area contributed by atoms with Crippen molar-refractivity contribution in [1.29, 1.82) is 0 Å². The monoisotopic (exact) mass is 284 g/mol. The number of ether oxygens (including phenoxy) is 1. The molecule has 0 fully saturated rings. The van der Waals surface area contributed by atoms with E-state index in [-0.39, 0.29) is 10.7 Å². The number of aromatic nitrogens is 1. The largest absolute Gasteiger partial charge is 0.454 e. The maximum Gasteiger partial charge on any atom is 0.271 e. The highest BCUT2D eigenvalue weighted by Gasteiger charge is 2.10. The summed E-state index contributed by atoms with van der Waals surface area (Å²) in [5.41, 5.74) is -0.0958. The van der Waals surface area contributed by atoms with Crippen molar-refractivity contribution in [2.75, 3.05) is 0 Å². The second kappa shape index (κ2) is 5.20. The first-order valence-corrected chi connectivity index (χ1v) is 5.55. The lowest BCUT2D eigenvalue weighted by Crippen LogP contribution is -1.90. The van der Waals surface area contributed by atoms with Gasteiger partial charge in [-0.3, -0.25) is 10.1 Å². The summed E-state index contributed by atoms with van der Waals surface area (Å²) in [6, 6.07) is 7.14. The average Bonchev–Trinajstić information content (AvgIpc) is 2.34. The smallest absolute Gasteiger partial charge is 0.271 e. The van der Waals surface area contributed by atoms with Gasteiger partial charge in [0.1, 0.15) is 16.7 Å². The molecule has 92 valence electrons. The molecule has 2 aromatic rings. The highest BCUT2D eigenvalue weighted by Crippen LogP contribution is 2.32. The van der Waals surface area contributed by atoms with Crippen LogP contribution in [0.15, 0.2) is 36.5 Å². The van der Waals surface area contributed by atoms with E-state index in [2.05, 4.69) is 4.98 Å². The van der Waals surface area contributed by atoms with Crippen LogP contribution in [0.2, 0.25) is 10.2 Å². The third kappa shape index (κ3) is 2.88. The molecule has 0 atom stereocenters. The van der Waals surface area contributed by atoms with Crippen molar-refractivity contribution in [2.24, 2.45) is 0 Å². The summed E-state index contributed by atoms with van der Waals surface area (Å²) in [6.07, 6.45) is 1.43. The minimum Gasteiger partial charge on any atom is -0.454 e. The van der Waals surface area contributed by atoms with Crippen molar-refractivity contribution >= 4 is 28.9 Å². The summed E-state index contributed by atoms with van der Waals surface area (Å²) in [5.74, 6) is 0.751. The molecule has 0 bridgehead atoms. The van der Waals surface area contributed by atoms with E-state index in [1.54, 1.807) is 12.1 Å². The third-order valence-corrected chi connectivity index (χ3v) is 2.57. The first-order chi connectivity index (χ1) is 8.56. The van der Waals surface area contributed by atoms with E-state index in [9.17, 15) is 10.1 Å². The minimum atomic E-state index is -0.528. The minimum absolute atomic E-state index is 0.0958. The molecule has 1 aromatic carbocycles. The van der Waals surface area contributed by atoms with Crippen LogP contribution in [0.5, 0.6) is 11.5 Å². The van der Waals surface area contributed by atoms with Crippen LogP contribution in [0.25, 0.3) is 0 Å². The molecular weight excluding hydrogens is 279 g/mol. The molecule has 0 aliphatic rings. The molecule has 7 heteroatoms. The summed E-state index contributed by atoms with van der Waals surface area (Å²) < 4.78 is 5.42. The number of benzene rings is 1. The Morgan fingerprint density at radius 2 is 2.00 bits per heavy atom. The van der Waals surface area contributed by atoms with Gasteiger partial charge in [0.25, 0.3) is 5.69 Å². The Morgan fingerprint density at radius 3 is 2.56 bits per heavy atom. The third-order valence-electron chi connectivity index (χ3n) is 2.05. The number of rotatable bonds is 3. The SMILES string of the molecule is O=[N+]([O-])c1ccc(Oc2ccc(Cl)nc2)c(Cl)c1. The number of hydrogen-bond donors (Lipinski definition) is 0. The van der Waals surface area contributed by atoms with Crippen molar-refractivity contribution in [3.05, 3.63) is 56.8 Å². The van der Waals surface area contributed by atoms with Gasteiger partial charge in [0.15, 0.2) is 0 Å². The zero-order valence-electron chi connectivity index (χ0n) is 8.84. The molecule has 0 amide bonds. The first-order valence-electron chi connectivity index (χ1n) is 4.79. The lowest BCUT2D eigenvalue weighted by atomic mass is 10.3. The molecule has 0 aliphatic heterocycles. The van der Waals surface area contributed by atoms with Gasteiger partial charge in [0.05, 0.1) is 16.1 Å². The van der Waals surface area contributed by atoms with Crippen LogP contribution in [0.4, 0.5) is 5.69 Å². The number of pyridine rings is 1. The maximum absolute atomic E-state index is 10.5.